The summed E-state index contributed by atoms with van der Waals surface area (Å²) < 4.78 is 4.71. The van der Waals surface area contributed by atoms with E-state index in [-0.39, 0.29) is 18.5 Å². The predicted molar refractivity (Wildman–Crippen MR) is 104 cm³/mol. The van der Waals surface area contributed by atoms with Gasteiger partial charge in [0.15, 0.2) is 6.29 Å². The van der Waals surface area contributed by atoms with E-state index in [4.69, 9.17) is 31.0 Å². The normalized spacial score (nSPS) is 28.6. The topological polar surface area (TPSA) is 151 Å². The molecular weight excluding hydrogens is 352 g/mol. The Morgan fingerprint density at radius 1 is 1.07 bits per heavy atom. The molecule has 156 valence electrons. The van der Waals surface area contributed by atoms with Crippen molar-refractivity contribution in [2.45, 2.75) is 49.8 Å². The highest BCUT2D eigenvalue weighted by Crippen LogP contribution is 2.26. The van der Waals surface area contributed by atoms with Gasteiger partial charge in [-0.2, -0.15) is 0 Å². The van der Waals surface area contributed by atoms with Gasteiger partial charge in [0.2, 0.25) is 0 Å². The fourth-order valence-corrected chi connectivity index (χ4v) is 3.01. The number of nitrogens with two attached hydrogens (primary N) is 1. The highest BCUT2D eigenvalue weighted by molar-refractivity contribution is 5.19. The third-order valence-corrected chi connectivity index (χ3v) is 4.53. The number of hydrazine groups is 1. The lowest BCUT2D eigenvalue weighted by Gasteiger charge is -2.33. The Morgan fingerprint density at radius 3 is 2.11 bits per heavy atom. The molecule has 2 saturated heterocycles. The van der Waals surface area contributed by atoms with Crippen molar-refractivity contribution in [2.24, 2.45) is 5.84 Å². The lowest BCUT2D eigenvalue weighted by Crippen LogP contribution is -2.49. The zero-order valence-corrected chi connectivity index (χ0v) is 15.7. The Kier molecular flexibility index (Phi) is 13.1. The van der Waals surface area contributed by atoms with Crippen LogP contribution in [-0.2, 0) is 4.74 Å². The predicted octanol–water partition coefficient (Wildman–Crippen LogP) is -0.475. The Labute approximate surface area is 160 Å². The van der Waals surface area contributed by atoms with Crippen molar-refractivity contribution >= 4 is 0 Å². The molecule has 0 spiro atoms. The van der Waals surface area contributed by atoms with Crippen LogP contribution in [0.25, 0.3) is 0 Å². The van der Waals surface area contributed by atoms with E-state index in [0.717, 1.165) is 19.0 Å². The van der Waals surface area contributed by atoms with Crippen LogP contribution in [0.1, 0.15) is 30.7 Å². The zero-order chi connectivity index (χ0) is 19.5. The van der Waals surface area contributed by atoms with Gasteiger partial charge in [0.25, 0.3) is 0 Å². The smallest absolute Gasteiger partial charge is 0.183 e. The van der Waals surface area contributed by atoms with Crippen LogP contribution in [0.5, 0.6) is 0 Å². The summed E-state index contributed by atoms with van der Waals surface area (Å²) in [5, 5.41) is 37.4. The average Bonchev–Trinajstić information content (AvgIpc) is 2.69. The van der Waals surface area contributed by atoms with E-state index in [0.29, 0.717) is 0 Å². The van der Waals surface area contributed by atoms with E-state index in [9.17, 15) is 0 Å². The first-order valence-electron chi connectivity index (χ1n) is 8.86. The van der Waals surface area contributed by atoms with Crippen molar-refractivity contribution in [3.8, 4) is 0 Å². The number of hydrogen-bond acceptors (Lipinski definition) is 7. The fourth-order valence-electron chi connectivity index (χ4n) is 3.01. The number of ether oxygens (including phenoxy) is 1. The standard InChI is InChI=1S/C11H16N2.C6H12O5.C2H4.H2O/c12-13-8-6-11(7-9-13)10-4-2-1-3-5-10;7-2-3-1-4(8)5(9)6(10)11-3;1-2;/h1-5,11H,6-9,12H2;3-10H,1-2H2;1-2H2;1H2/t;3?,4-,5?,6+;;/m.1../s1. The quantitative estimate of drug-likeness (QED) is 0.340. The summed E-state index contributed by atoms with van der Waals surface area (Å²) in [5.41, 5.74) is 1.47. The van der Waals surface area contributed by atoms with Crippen molar-refractivity contribution in [1.82, 2.24) is 5.01 Å². The number of aliphatic hydroxyl groups is 4. The lowest BCUT2D eigenvalue weighted by atomic mass is 9.90. The fraction of sp³-hybridized carbons (Fsp3) is 0.579. The molecule has 1 aromatic rings. The maximum Gasteiger partial charge on any atom is 0.183 e. The van der Waals surface area contributed by atoms with Crippen LogP contribution in [0, 0.1) is 0 Å². The van der Waals surface area contributed by atoms with Crippen molar-refractivity contribution in [2.75, 3.05) is 19.7 Å². The van der Waals surface area contributed by atoms with E-state index in [1.165, 1.54) is 18.4 Å². The first-order valence-corrected chi connectivity index (χ1v) is 8.86. The number of hydrogen-bond donors (Lipinski definition) is 5. The Hall–Kier alpha value is -1.36. The van der Waals surface area contributed by atoms with Gasteiger partial charge in [-0.25, -0.2) is 5.01 Å². The second-order valence-electron chi connectivity index (χ2n) is 6.35. The highest BCUT2D eigenvalue weighted by Gasteiger charge is 2.34. The van der Waals surface area contributed by atoms with Crippen molar-refractivity contribution in [1.29, 1.82) is 0 Å². The minimum absolute atomic E-state index is 0. The average molecular weight is 386 g/mol. The molecule has 4 atom stereocenters. The summed E-state index contributed by atoms with van der Waals surface area (Å²) >= 11 is 0. The summed E-state index contributed by atoms with van der Waals surface area (Å²) in [7, 11) is 0. The van der Waals surface area contributed by atoms with Crippen molar-refractivity contribution in [3.63, 3.8) is 0 Å². The van der Waals surface area contributed by atoms with Gasteiger partial charge in [0, 0.05) is 19.5 Å². The molecule has 2 unspecified atom stereocenters. The van der Waals surface area contributed by atoms with E-state index >= 15 is 0 Å². The van der Waals surface area contributed by atoms with Gasteiger partial charge in [-0.1, -0.05) is 30.3 Å². The molecule has 2 fully saturated rings. The molecule has 27 heavy (non-hydrogen) atoms. The maximum absolute atomic E-state index is 9.05. The van der Waals surface area contributed by atoms with Gasteiger partial charge in [0.1, 0.15) is 6.10 Å². The summed E-state index contributed by atoms with van der Waals surface area (Å²) in [5.74, 6) is 6.43. The van der Waals surface area contributed by atoms with Gasteiger partial charge in [0.05, 0.1) is 18.8 Å². The molecule has 0 bridgehead atoms. The van der Waals surface area contributed by atoms with Gasteiger partial charge in [-0.05, 0) is 24.3 Å². The Morgan fingerprint density at radius 2 is 1.63 bits per heavy atom. The molecule has 8 nitrogen and oxygen atoms in total. The van der Waals surface area contributed by atoms with Crippen molar-refractivity contribution < 1.29 is 30.6 Å². The monoisotopic (exact) mass is 386 g/mol. The number of aliphatic hydroxyl groups excluding tert-OH is 4. The van der Waals surface area contributed by atoms with Crippen LogP contribution in [0.4, 0.5) is 0 Å². The zero-order valence-electron chi connectivity index (χ0n) is 15.7. The second-order valence-corrected chi connectivity index (χ2v) is 6.35. The first-order chi connectivity index (χ1) is 12.5. The number of nitrogens with zero attached hydrogens (tertiary/aromatic N) is 1. The molecule has 8 heteroatoms. The third kappa shape index (κ3) is 8.46. The molecule has 0 aromatic heterocycles. The van der Waals surface area contributed by atoms with Crippen LogP contribution >= 0.6 is 0 Å². The summed E-state index contributed by atoms with van der Waals surface area (Å²) in [6.45, 7) is 7.79. The molecule has 2 aliphatic heterocycles. The SMILES string of the molecule is C=C.NN1CCC(c2ccccc2)CC1.O.OCC1C[C@@H](O)C(O)[C@@H](O)O1. The van der Waals surface area contributed by atoms with Gasteiger partial charge in [-0.15, -0.1) is 13.2 Å². The van der Waals surface area contributed by atoms with Gasteiger partial charge in [-0.3, -0.25) is 5.84 Å². The van der Waals surface area contributed by atoms with Crippen LogP contribution in [-0.4, -0.2) is 75.2 Å². The van der Waals surface area contributed by atoms with Gasteiger partial charge >= 0.3 is 0 Å². The van der Waals surface area contributed by atoms with E-state index < -0.39 is 24.6 Å². The van der Waals surface area contributed by atoms with E-state index in [1.807, 2.05) is 5.01 Å². The number of rotatable bonds is 2. The van der Waals surface area contributed by atoms with E-state index in [1.54, 1.807) is 0 Å². The summed E-state index contributed by atoms with van der Waals surface area (Å²) in [6.07, 6.45) is -1.72. The van der Waals surface area contributed by atoms with Crippen LogP contribution in [0.15, 0.2) is 43.5 Å². The largest absolute Gasteiger partial charge is 0.412 e. The van der Waals surface area contributed by atoms with E-state index in [2.05, 4.69) is 43.5 Å². The third-order valence-electron chi connectivity index (χ3n) is 4.53. The minimum atomic E-state index is -1.39. The minimum Gasteiger partial charge on any atom is -0.412 e. The Bertz CT molecular complexity index is 472. The molecular formula is C19H34N2O6. The molecule has 3 rings (SSSR count). The summed E-state index contributed by atoms with van der Waals surface area (Å²) in [4.78, 5) is 0. The molecule has 0 radical (unpaired) electrons. The molecule has 8 N–H and O–H groups in total. The maximum atomic E-state index is 9.05. The number of piperidine rings is 1. The van der Waals surface area contributed by atoms with Crippen molar-refractivity contribution in [3.05, 3.63) is 49.1 Å². The number of benzene rings is 1. The second kappa shape index (κ2) is 13.8. The summed E-state index contributed by atoms with van der Waals surface area (Å²) in [6, 6.07) is 10.7. The highest BCUT2D eigenvalue weighted by atomic mass is 16.6. The molecule has 0 saturated carbocycles. The Balaban J connectivity index is 0.000000449. The molecule has 2 aliphatic rings. The first kappa shape index (κ1) is 25.6. The van der Waals surface area contributed by atoms with Crippen LogP contribution < -0.4 is 5.84 Å². The van der Waals surface area contributed by atoms with Crippen LogP contribution in [0.3, 0.4) is 0 Å². The van der Waals surface area contributed by atoms with Crippen LogP contribution in [0.2, 0.25) is 0 Å². The van der Waals surface area contributed by atoms with Gasteiger partial charge < -0.3 is 30.6 Å². The lowest BCUT2D eigenvalue weighted by molar-refractivity contribution is -0.251. The molecule has 1 aromatic carbocycles. The molecule has 2 heterocycles. The molecule has 0 aliphatic carbocycles. The molecule has 0 amide bonds.